The van der Waals surface area contributed by atoms with Crippen molar-refractivity contribution in [3.8, 4) is 5.75 Å². The number of para-hydroxylation sites is 1. The maximum atomic E-state index is 10.6. The highest BCUT2D eigenvalue weighted by Gasteiger charge is 2.13. The van der Waals surface area contributed by atoms with Gasteiger partial charge in [0.05, 0.1) is 46.2 Å². The summed E-state index contributed by atoms with van der Waals surface area (Å²) < 4.78 is 37.6. The fraction of sp³-hybridized carbons (Fsp3) is 0.812. The number of unbranched alkanes of at least 4 members (excludes halogenated alkanes) is 15. The first kappa shape index (κ1) is 38.0. The number of hydrogen-bond donors (Lipinski definition) is 2. The Kier molecular flexibility index (Phi) is 25.8. The van der Waals surface area contributed by atoms with Crippen molar-refractivity contribution in [2.24, 2.45) is 0 Å². The van der Waals surface area contributed by atoms with Gasteiger partial charge in [0.2, 0.25) is 0 Å². The molecule has 0 aliphatic carbocycles. The third kappa shape index (κ3) is 27.6. The minimum Gasteiger partial charge on any atom is -0.488 e. The largest absolute Gasteiger partial charge is 0.488 e. The van der Waals surface area contributed by atoms with Crippen LogP contribution >= 0.6 is 7.82 Å². The van der Waals surface area contributed by atoms with E-state index in [0.717, 1.165) is 18.6 Å². The average molecular weight is 603 g/mol. The highest BCUT2D eigenvalue weighted by Crippen LogP contribution is 2.35. The van der Waals surface area contributed by atoms with Gasteiger partial charge in [-0.25, -0.2) is 4.57 Å². The van der Waals surface area contributed by atoms with Crippen LogP contribution in [0, 0.1) is 0 Å². The minimum absolute atomic E-state index is 0.0152. The molecule has 41 heavy (non-hydrogen) atoms. The van der Waals surface area contributed by atoms with Gasteiger partial charge < -0.3 is 28.7 Å². The molecule has 0 aliphatic rings. The second-order valence-electron chi connectivity index (χ2n) is 10.8. The van der Waals surface area contributed by atoms with Crippen molar-refractivity contribution in [2.45, 2.75) is 122 Å². The van der Waals surface area contributed by atoms with E-state index in [1.807, 2.05) is 30.3 Å². The molecule has 0 spiro atoms. The van der Waals surface area contributed by atoms with Gasteiger partial charge in [-0.3, -0.25) is 4.52 Å². The predicted octanol–water partition coefficient (Wildman–Crippen LogP) is 8.24. The summed E-state index contributed by atoms with van der Waals surface area (Å²) in [6, 6.07) is 9.91. The van der Waals surface area contributed by atoms with Crippen LogP contribution in [0.5, 0.6) is 5.75 Å². The van der Waals surface area contributed by atoms with Gasteiger partial charge in [-0.2, -0.15) is 0 Å². The van der Waals surface area contributed by atoms with E-state index in [0.29, 0.717) is 33.0 Å². The maximum absolute atomic E-state index is 10.6. The van der Waals surface area contributed by atoms with Gasteiger partial charge >= 0.3 is 7.82 Å². The fourth-order valence-corrected chi connectivity index (χ4v) is 4.97. The van der Waals surface area contributed by atoms with E-state index < -0.39 is 7.82 Å². The lowest BCUT2D eigenvalue weighted by Gasteiger charge is -2.19. The van der Waals surface area contributed by atoms with Gasteiger partial charge in [0.25, 0.3) is 0 Å². The van der Waals surface area contributed by atoms with Gasteiger partial charge in [0, 0.05) is 0 Å². The quantitative estimate of drug-likeness (QED) is 0.0647. The van der Waals surface area contributed by atoms with Crippen LogP contribution in [-0.2, 0) is 23.3 Å². The van der Waals surface area contributed by atoms with E-state index in [-0.39, 0.29) is 19.3 Å². The molecule has 0 saturated carbocycles. The smallest absolute Gasteiger partial charge is 0.469 e. The molecule has 9 heteroatoms. The zero-order valence-electron chi connectivity index (χ0n) is 25.7. The fourth-order valence-electron chi connectivity index (χ4n) is 4.66. The molecule has 0 fully saturated rings. The van der Waals surface area contributed by atoms with E-state index in [9.17, 15) is 4.57 Å². The Morgan fingerprint density at radius 2 is 1.05 bits per heavy atom. The normalized spacial score (nSPS) is 12.6. The summed E-state index contributed by atoms with van der Waals surface area (Å²) in [7, 11) is -4.43. The first-order valence-corrected chi connectivity index (χ1v) is 17.7. The van der Waals surface area contributed by atoms with Crippen LogP contribution in [0.1, 0.15) is 116 Å². The van der Waals surface area contributed by atoms with Crippen LogP contribution in [0.2, 0.25) is 0 Å². The molecule has 0 aromatic heterocycles. The molecular formula is C32H59O8P. The predicted molar refractivity (Wildman–Crippen MR) is 165 cm³/mol. The summed E-state index contributed by atoms with van der Waals surface area (Å²) in [6.45, 7) is 4.35. The molecule has 240 valence electrons. The zero-order valence-corrected chi connectivity index (χ0v) is 26.6. The Morgan fingerprint density at radius 1 is 0.610 bits per heavy atom. The topological polar surface area (TPSA) is 104 Å². The highest BCUT2D eigenvalue weighted by molar-refractivity contribution is 7.46. The lowest BCUT2D eigenvalue weighted by atomic mass is 10.0. The zero-order chi connectivity index (χ0) is 29.7. The van der Waals surface area contributed by atoms with Crippen molar-refractivity contribution in [3.05, 3.63) is 30.3 Å². The minimum atomic E-state index is -4.43. The van der Waals surface area contributed by atoms with Crippen molar-refractivity contribution >= 4 is 7.82 Å². The van der Waals surface area contributed by atoms with Crippen LogP contribution < -0.4 is 4.74 Å². The van der Waals surface area contributed by atoms with Gasteiger partial charge in [-0.1, -0.05) is 121 Å². The lowest BCUT2D eigenvalue weighted by Crippen LogP contribution is -2.24. The monoisotopic (exact) mass is 602 g/mol. The van der Waals surface area contributed by atoms with E-state index >= 15 is 0 Å². The molecule has 1 unspecified atom stereocenters. The molecule has 1 rings (SSSR count). The number of rotatable bonds is 31. The number of benzene rings is 1. The molecule has 1 atom stereocenters. The Labute approximate surface area is 250 Å². The summed E-state index contributed by atoms with van der Waals surface area (Å²) in [4.78, 5) is 17.2. The van der Waals surface area contributed by atoms with Crippen LogP contribution in [0.25, 0.3) is 0 Å². The van der Waals surface area contributed by atoms with E-state index in [4.69, 9.17) is 28.7 Å². The molecule has 1 aromatic carbocycles. The maximum Gasteiger partial charge on any atom is 0.469 e. The Morgan fingerprint density at radius 3 is 1.54 bits per heavy atom. The van der Waals surface area contributed by atoms with Crippen molar-refractivity contribution in [2.75, 3.05) is 46.2 Å². The van der Waals surface area contributed by atoms with Gasteiger partial charge in [0.1, 0.15) is 11.9 Å². The number of phosphoric ester groups is 1. The summed E-state index contributed by atoms with van der Waals surface area (Å²) >= 11 is 0. The molecule has 0 heterocycles. The molecule has 0 saturated heterocycles. The van der Waals surface area contributed by atoms with E-state index in [1.165, 1.54) is 96.3 Å². The van der Waals surface area contributed by atoms with Gasteiger partial charge in [-0.05, 0) is 25.0 Å². The Balaban J connectivity index is 2.02. The first-order chi connectivity index (χ1) is 20.0. The Bertz CT molecular complexity index is 715. The second kappa shape index (κ2) is 27.8. The van der Waals surface area contributed by atoms with Gasteiger partial charge in [-0.15, -0.1) is 0 Å². The standard InChI is InChI=1S/C32H59O8P/c1-2-3-4-5-6-7-8-9-10-11-12-13-14-15-16-18-23-32(40-31-21-19-17-20-22-31)30-38-27-26-36-24-25-37-28-29-39-41(33,34)35/h17,19-22,32H,2-16,18,23-30H2,1H3,(H2,33,34,35). The van der Waals surface area contributed by atoms with Crippen LogP contribution in [0.4, 0.5) is 0 Å². The summed E-state index contributed by atoms with van der Waals surface area (Å²) in [5, 5.41) is 0. The third-order valence-electron chi connectivity index (χ3n) is 6.96. The van der Waals surface area contributed by atoms with Crippen molar-refractivity contribution < 1.29 is 37.8 Å². The summed E-state index contributed by atoms with van der Waals surface area (Å²) in [5.41, 5.74) is 0. The van der Waals surface area contributed by atoms with Crippen molar-refractivity contribution in [1.82, 2.24) is 0 Å². The lowest BCUT2D eigenvalue weighted by molar-refractivity contribution is -0.00956. The highest BCUT2D eigenvalue weighted by atomic mass is 31.2. The molecule has 0 radical (unpaired) electrons. The van der Waals surface area contributed by atoms with E-state index in [1.54, 1.807) is 0 Å². The number of hydrogen-bond acceptors (Lipinski definition) is 6. The SMILES string of the molecule is CCCCCCCCCCCCCCCCCCC(COCCOCCOCCOP(=O)(O)O)Oc1ccccc1. The number of phosphoric acid groups is 1. The second-order valence-corrected chi connectivity index (χ2v) is 12.0. The molecule has 0 bridgehead atoms. The van der Waals surface area contributed by atoms with Crippen molar-refractivity contribution in [1.29, 1.82) is 0 Å². The van der Waals surface area contributed by atoms with Gasteiger partial charge in [0.15, 0.2) is 0 Å². The van der Waals surface area contributed by atoms with E-state index in [2.05, 4.69) is 11.4 Å². The molecule has 8 nitrogen and oxygen atoms in total. The average Bonchev–Trinajstić information content (AvgIpc) is 2.95. The first-order valence-electron chi connectivity index (χ1n) is 16.2. The van der Waals surface area contributed by atoms with Crippen LogP contribution in [-0.4, -0.2) is 62.1 Å². The van der Waals surface area contributed by atoms with Crippen LogP contribution in [0.15, 0.2) is 30.3 Å². The third-order valence-corrected chi connectivity index (χ3v) is 7.48. The number of ether oxygens (including phenoxy) is 4. The molecule has 0 amide bonds. The summed E-state index contributed by atoms with van der Waals surface area (Å²) in [6.07, 6.45) is 22.8. The Hall–Kier alpha value is -0.990. The molecular weight excluding hydrogens is 543 g/mol. The molecule has 2 N–H and O–H groups in total. The van der Waals surface area contributed by atoms with Crippen molar-refractivity contribution in [3.63, 3.8) is 0 Å². The van der Waals surface area contributed by atoms with Crippen LogP contribution in [0.3, 0.4) is 0 Å². The molecule has 0 aliphatic heterocycles. The summed E-state index contributed by atoms with van der Waals surface area (Å²) in [5.74, 6) is 0.869. The molecule has 1 aromatic rings.